The summed E-state index contributed by atoms with van der Waals surface area (Å²) in [6, 6.07) is 77.3. The summed E-state index contributed by atoms with van der Waals surface area (Å²) >= 11 is 0. The van der Waals surface area contributed by atoms with E-state index in [4.69, 9.17) is 0 Å². The normalized spacial score (nSPS) is 11.9. The van der Waals surface area contributed by atoms with Crippen LogP contribution >= 0.6 is 0 Å². The number of rotatable bonds is 5. The Labute approximate surface area is 329 Å². The maximum absolute atomic E-state index is 2.46. The van der Waals surface area contributed by atoms with Crippen LogP contribution in [-0.4, -0.2) is 13.7 Å². The molecule has 0 atom stereocenters. The molecule has 0 saturated carbocycles. The lowest BCUT2D eigenvalue weighted by atomic mass is 9.98. The van der Waals surface area contributed by atoms with Crippen LogP contribution in [0.3, 0.4) is 0 Å². The molecule has 0 aliphatic carbocycles. The topological polar surface area (TPSA) is 14.8 Å². The zero-order valence-corrected chi connectivity index (χ0v) is 31.0. The standard InChI is InChI=1S/C54H35N3/c1-4-14-40(15-5-1)55-48-22-12-10-20-43(48)46-34-38(28-31-50(46)55)36-24-26-37(27-25-36)39-29-32-51-47(35-39)44-30-33-52-53(54(44)57(51)42-18-8-3-9-19-42)45-21-11-13-23-49(45)56(52)41-16-6-2-7-17-41/h1-35H. The molecular formula is C54H35N3. The molecule has 57 heavy (non-hydrogen) atoms. The quantitative estimate of drug-likeness (QED) is 0.168. The van der Waals surface area contributed by atoms with E-state index in [9.17, 15) is 0 Å². The van der Waals surface area contributed by atoms with E-state index in [1.807, 2.05) is 0 Å². The second-order valence-corrected chi connectivity index (χ2v) is 14.9. The number of aromatic nitrogens is 3. The van der Waals surface area contributed by atoms with Gasteiger partial charge in [-0.3, -0.25) is 0 Å². The third-order valence-electron chi connectivity index (χ3n) is 11.8. The Morgan fingerprint density at radius 2 is 0.614 bits per heavy atom. The second kappa shape index (κ2) is 12.5. The van der Waals surface area contributed by atoms with Crippen LogP contribution in [0.5, 0.6) is 0 Å². The highest BCUT2D eigenvalue weighted by Gasteiger charge is 2.21. The number of hydrogen-bond donors (Lipinski definition) is 0. The summed E-state index contributed by atoms with van der Waals surface area (Å²) in [4.78, 5) is 0. The van der Waals surface area contributed by atoms with E-state index in [0.717, 1.165) is 11.4 Å². The minimum Gasteiger partial charge on any atom is -0.309 e. The molecule has 0 saturated heterocycles. The second-order valence-electron chi connectivity index (χ2n) is 14.9. The van der Waals surface area contributed by atoms with Crippen LogP contribution in [0.4, 0.5) is 0 Å². The first-order valence-corrected chi connectivity index (χ1v) is 19.6. The molecular weight excluding hydrogens is 691 g/mol. The van der Waals surface area contributed by atoms with Gasteiger partial charge in [0.25, 0.3) is 0 Å². The van der Waals surface area contributed by atoms with Crippen molar-refractivity contribution >= 4 is 65.4 Å². The average Bonchev–Trinajstić information content (AvgIpc) is 3.92. The first-order chi connectivity index (χ1) is 28.3. The van der Waals surface area contributed by atoms with Crippen LogP contribution in [0.25, 0.3) is 105 Å². The predicted octanol–water partition coefficient (Wildman–Crippen LogP) is 14.3. The number of hydrogen-bond acceptors (Lipinski definition) is 0. The smallest absolute Gasteiger partial charge is 0.0641 e. The van der Waals surface area contributed by atoms with Gasteiger partial charge in [0.1, 0.15) is 0 Å². The summed E-state index contributed by atoms with van der Waals surface area (Å²) < 4.78 is 7.24. The molecule has 0 fully saturated rings. The zero-order chi connectivity index (χ0) is 37.5. The monoisotopic (exact) mass is 725 g/mol. The van der Waals surface area contributed by atoms with Gasteiger partial charge in [0.15, 0.2) is 0 Å². The van der Waals surface area contributed by atoms with E-state index in [2.05, 4.69) is 226 Å². The van der Waals surface area contributed by atoms with Crippen LogP contribution in [0.1, 0.15) is 0 Å². The first-order valence-electron chi connectivity index (χ1n) is 19.6. The summed E-state index contributed by atoms with van der Waals surface area (Å²) in [5.74, 6) is 0. The van der Waals surface area contributed by atoms with E-state index in [0.29, 0.717) is 0 Å². The van der Waals surface area contributed by atoms with E-state index >= 15 is 0 Å². The van der Waals surface area contributed by atoms with Crippen LogP contribution in [0.15, 0.2) is 212 Å². The fraction of sp³-hybridized carbons (Fsp3) is 0. The molecule has 266 valence electrons. The van der Waals surface area contributed by atoms with Gasteiger partial charge in [-0.15, -0.1) is 0 Å². The molecule has 0 radical (unpaired) electrons. The van der Waals surface area contributed by atoms with Gasteiger partial charge in [-0.25, -0.2) is 0 Å². The highest BCUT2D eigenvalue weighted by atomic mass is 15.0. The van der Waals surface area contributed by atoms with Crippen LogP contribution in [-0.2, 0) is 0 Å². The molecule has 0 N–H and O–H groups in total. The number of nitrogens with zero attached hydrogens (tertiary/aromatic N) is 3. The lowest BCUT2D eigenvalue weighted by molar-refractivity contribution is 1.17. The van der Waals surface area contributed by atoms with Crippen molar-refractivity contribution in [2.75, 3.05) is 0 Å². The molecule has 0 spiro atoms. The van der Waals surface area contributed by atoms with Gasteiger partial charge in [-0.05, 0) is 101 Å². The van der Waals surface area contributed by atoms with Crippen molar-refractivity contribution in [3.63, 3.8) is 0 Å². The van der Waals surface area contributed by atoms with Gasteiger partial charge in [0.2, 0.25) is 0 Å². The fourth-order valence-corrected chi connectivity index (χ4v) is 9.30. The van der Waals surface area contributed by atoms with Crippen molar-refractivity contribution in [2.24, 2.45) is 0 Å². The van der Waals surface area contributed by atoms with E-state index in [1.165, 1.54) is 93.4 Å². The van der Waals surface area contributed by atoms with Gasteiger partial charge in [0.05, 0.1) is 33.1 Å². The number of fused-ring (bicyclic) bond motifs is 10. The van der Waals surface area contributed by atoms with Gasteiger partial charge >= 0.3 is 0 Å². The lowest BCUT2D eigenvalue weighted by Crippen LogP contribution is -1.95. The molecule has 0 bridgehead atoms. The highest BCUT2D eigenvalue weighted by Crippen LogP contribution is 2.43. The summed E-state index contributed by atoms with van der Waals surface area (Å²) in [6.45, 7) is 0. The molecule has 0 aliphatic rings. The third-order valence-corrected chi connectivity index (χ3v) is 11.8. The largest absolute Gasteiger partial charge is 0.309 e. The van der Waals surface area contributed by atoms with Crippen molar-refractivity contribution in [2.45, 2.75) is 0 Å². The maximum atomic E-state index is 2.46. The Morgan fingerprint density at radius 3 is 1.19 bits per heavy atom. The van der Waals surface area contributed by atoms with E-state index < -0.39 is 0 Å². The molecule has 3 aromatic heterocycles. The van der Waals surface area contributed by atoms with Gasteiger partial charge < -0.3 is 13.7 Å². The lowest BCUT2D eigenvalue weighted by Gasteiger charge is -2.10. The number of para-hydroxylation sites is 5. The van der Waals surface area contributed by atoms with Gasteiger partial charge in [-0.1, -0.05) is 133 Å². The van der Waals surface area contributed by atoms with Crippen LogP contribution in [0.2, 0.25) is 0 Å². The third kappa shape index (κ3) is 4.79. The molecule has 12 rings (SSSR count). The summed E-state index contributed by atoms with van der Waals surface area (Å²) in [6.07, 6.45) is 0. The van der Waals surface area contributed by atoms with Crippen LogP contribution < -0.4 is 0 Å². The molecule has 3 heterocycles. The predicted molar refractivity (Wildman–Crippen MR) is 240 cm³/mol. The molecule has 3 nitrogen and oxygen atoms in total. The summed E-state index contributed by atoms with van der Waals surface area (Å²) in [7, 11) is 0. The minimum atomic E-state index is 1.16. The van der Waals surface area contributed by atoms with E-state index in [1.54, 1.807) is 0 Å². The van der Waals surface area contributed by atoms with Crippen molar-refractivity contribution in [3.8, 4) is 39.3 Å². The molecule has 3 heteroatoms. The number of benzene rings is 9. The Balaban J connectivity index is 1.01. The maximum Gasteiger partial charge on any atom is 0.0641 e. The Kier molecular flexibility index (Phi) is 6.93. The van der Waals surface area contributed by atoms with Gasteiger partial charge in [-0.2, -0.15) is 0 Å². The molecule has 9 aromatic carbocycles. The Morgan fingerprint density at radius 1 is 0.228 bits per heavy atom. The summed E-state index contributed by atoms with van der Waals surface area (Å²) in [5.41, 5.74) is 15.6. The first kappa shape index (κ1) is 31.7. The molecule has 0 aliphatic heterocycles. The van der Waals surface area contributed by atoms with Crippen molar-refractivity contribution in [1.82, 2.24) is 13.7 Å². The summed E-state index contributed by atoms with van der Waals surface area (Å²) in [5, 5.41) is 7.53. The fourth-order valence-electron chi connectivity index (χ4n) is 9.30. The Bertz CT molecular complexity index is 3480. The molecule has 0 unspecified atom stereocenters. The van der Waals surface area contributed by atoms with Crippen molar-refractivity contribution < 1.29 is 0 Å². The van der Waals surface area contributed by atoms with Crippen LogP contribution in [0, 0.1) is 0 Å². The highest BCUT2D eigenvalue weighted by molar-refractivity contribution is 6.26. The Hall–Kier alpha value is -7.62. The molecule has 12 aromatic rings. The molecule has 0 amide bonds. The van der Waals surface area contributed by atoms with E-state index in [-0.39, 0.29) is 0 Å². The zero-order valence-electron chi connectivity index (χ0n) is 31.0. The average molecular weight is 726 g/mol. The SMILES string of the molecule is c1ccc(-n2c3ccccc3c3cc(-c4ccc(-c5ccc6c(c5)c5ccc7c(c8ccccc8n7-c7ccccc7)c5n6-c5ccccc5)cc4)ccc32)cc1. The van der Waals surface area contributed by atoms with Gasteiger partial charge in [0, 0.05) is 49.4 Å². The van der Waals surface area contributed by atoms with Crippen molar-refractivity contribution in [3.05, 3.63) is 212 Å². The van der Waals surface area contributed by atoms with Crippen molar-refractivity contribution in [1.29, 1.82) is 0 Å². The minimum absolute atomic E-state index is 1.16.